The van der Waals surface area contributed by atoms with E-state index in [0.29, 0.717) is 46.3 Å². The van der Waals surface area contributed by atoms with E-state index in [9.17, 15) is 15.0 Å². The lowest BCUT2D eigenvalue weighted by molar-refractivity contribution is -0.241. The summed E-state index contributed by atoms with van der Waals surface area (Å²) in [5.41, 5.74) is 2.07. The van der Waals surface area contributed by atoms with Gasteiger partial charge in [0.1, 0.15) is 0 Å². The van der Waals surface area contributed by atoms with Crippen LogP contribution >= 0.6 is 0 Å². The maximum atomic E-state index is 12.2. The van der Waals surface area contributed by atoms with Crippen molar-refractivity contribution in [1.82, 2.24) is 0 Å². The molecule has 0 radical (unpaired) electrons. The Kier molecular flexibility index (Phi) is 5.31. The zero-order valence-corrected chi connectivity index (χ0v) is 22.0. The van der Waals surface area contributed by atoms with Crippen molar-refractivity contribution in [3.8, 4) is 0 Å². The number of hydrogen-bond acceptors (Lipinski definition) is 2. The van der Waals surface area contributed by atoms with Gasteiger partial charge in [0, 0.05) is 0 Å². The van der Waals surface area contributed by atoms with Crippen molar-refractivity contribution in [3.05, 3.63) is 12.2 Å². The molecule has 33 heavy (non-hydrogen) atoms. The van der Waals surface area contributed by atoms with Crippen molar-refractivity contribution in [2.24, 2.45) is 63.1 Å². The van der Waals surface area contributed by atoms with Gasteiger partial charge in [-0.25, -0.2) is 0 Å². The monoisotopic (exact) mass is 456 g/mol. The quantitative estimate of drug-likeness (QED) is 0.442. The number of fused-ring (bicyclic) bond motifs is 7. The summed E-state index contributed by atoms with van der Waals surface area (Å²) >= 11 is 0. The highest BCUT2D eigenvalue weighted by Gasteiger charge is 2.69. The van der Waals surface area contributed by atoms with Crippen LogP contribution in [0.25, 0.3) is 0 Å². The zero-order chi connectivity index (χ0) is 24.1. The third-order valence-electron chi connectivity index (χ3n) is 13.3. The topological polar surface area (TPSA) is 57.5 Å². The normalized spacial score (nSPS) is 55.0. The molecule has 5 aliphatic carbocycles. The van der Waals surface area contributed by atoms with Gasteiger partial charge in [-0.15, -0.1) is 0 Å². The maximum Gasteiger partial charge on any atom is 0.306 e. The Morgan fingerprint density at radius 1 is 0.848 bits per heavy atom. The molecule has 0 heterocycles. The highest BCUT2D eigenvalue weighted by Crippen LogP contribution is 2.76. The van der Waals surface area contributed by atoms with E-state index in [1.165, 1.54) is 37.7 Å². The second-order valence-corrected chi connectivity index (χ2v) is 14.5. The van der Waals surface area contributed by atoms with Gasteiger partial charge in [0.2, 0.25) is 0 Å². The van der Waals surface area contributed by atoms with Crippen LogP contribution in [0, 0.1) is 63.1 Å². The molecule has 0 saturated heterocycles. The lowest BCUT2D eigenvalue weighted by atomic mass is 9.33. The summed E-state index contributed by atoms with van der Waals surface area (Å²) in [5, 5.41) is 20.9. The van der Waals surface area contributed by atoms with Gasteiger partial charge in [-0.1, -0.05) is 46.8 Å². The fourth-order valence-electron chi connectivity index (χ4n) is 11.5. The molecule has 5 rings (SSSR count). The van der Waals surface area contributed by atoms with Crippen molar-refractivity contribution in [2.75, 3.05) is 0 Å². The fourth-order valence-corrected chi connectivity index (χ4v) is 11.5. The first-order valence-corrected chi connectivity index (χ1v) is 13.9. The molecule has 186 valence electrons. The number of carbonyl (C=O) groups is 1. The smallest absolute Gasteiger partial charge is 0.306 e. The van der Waals surface area contributed by atoms with Crippen LogP contribution in [0.5, 0.6) is 0 Å². The molecule has 3 nitrogen and oxygen atoms in total. The number of rotatable bonds is 2. The van der Waals surface area contributed by atoms with Gasteiger partial charge in [0.15, 0.2) is 0 Å². The summed E-state index contributed by atoms with van der Waals surface area (Å²) in [6.45, 7) is 19.0. The Labute approximate surface area is 201 Å². The van der Waals surface area contributed by atoms with E-state index < -0.39 is 5.97 Å². The average molecular weight is 457 g/mol. The van der Waals surface area contributed by atoms with Crippen LogP contribution in [0.15, 0.2) is 12.2 Å². The van der Waals surface area contributed by atoms with Crippen LogP contribution < -0.4 is 0 Å². The molecule has 0 amide bonds. The molecule has 0 aromatic rings. The van der Waals surface area contributed by atoms with Crippen molar-refractivity contribution < 1.29 is 15.0 Å². The van der Waals surface area contributed by atoms with E-state index in [0.717, 1.165) is 25.7 Å². The number of carboxylic acid groups (broad SMARTS) is 1. The van der Waals surface area contributed by atoms with Gasteiger partial charge in [-0.3, -0.25) is 4.79 Å². The van der Waals surface area contributed by atoms with Crippen LogP contribution in [-0.4, -0.2) is 22.3 Å². The molecular weight excluding hydrogens is 408 g/mol. The molecule has 0 aromatic carbocycles. The van der Waals surface area contributed by atoms with E-state index >= 15 is 0 Å². The second-order valence-electron chi connectivity index (χ2n) is 14.5. The summed E-state index contributed by atoms with van der Waals surface area (Å²) in [7, 11) is 0. The van der Waals surface area contributed by atoms with E-state index in [2.05, 4.69) is 48.1 Å². The van der Waals surface area contributed by atoms with Crippen molar-refractivity contribution in [1.29, 1.82) is 0 Å². The standard InChI is InChI=1S/C30H48O3/c1-17(2)19-16-20(26(32)33)18-10-14-29(6)21(25(18)19)8-9-23-28(5)13-12-24(31)27(3,4)22(28)11-15-30(23,29)7/h18-25,31H,1,8-16H2,2-7H3,(H,32,33)/t18-,19+,20-,21-,22+,23-,24+,25-,28+,29-,30-/m1/s1. The van der Waals surface area contributed by atoms with Crippen molar-refractivity contribution in [3.63, 3.8) is 0 Å². The molecule has 2 N–H and O–H groups in total. The number of aliphatic carboxylic acids is 1. The highest BCUT2D eigenvalue weighted by molar-refractivity contribution is 5.71. The predicted octanol–water partition coefficient (Wildman–Crippen LogP) is 6.95. The number of aliphatic hydroxyl groups is 1. The molecule has 0 aromatic heterocycles. The number of aliphatic hydroxyl groups excluding tert-OH is 1. The van der Waals surface area contributed by atoms with Crippen LogP contribution in [0.2, 0.25) is 0 Å². The molecule has 0 bridgehead atoms. The molecule has 0 spiro atoms. The second kappa shape index (κ2) is 7.34. The summed E-state index contributed by atoms with van der Waals surface area (Å²) in [4.78, 5) is 12.2. The van der Waals surface area contributed by atoms with Crippen LogP contribution in [-0.2, 0) is 4.79 Å². The minimum absolute atomic E-state index is 0.00501. The first kappa shape index (κ1) is 23.9. The van der Waals surface area contributed by atoms with Gasteiger partial charge >= 0.3 is 5.97 Å². The Balaban J connectivity index is 1.53. The van der Waals surface area contributed by atoms with Crippen molar-refractivity contribution >= 4 is 5.97 Å². The van der Waals surface area contributed by atoms with E-state index in [4.69, 9.17) is 0 Å². The fraction of sp³-hybridized carbons (Fsp3) is 0.900. The van der Waals surface area contributed by atoms with Crippen molar-refractivity contribution in [2.45, 2.75) is 105 Å². The van der Waals surface area contributed by atoms with Crippen LogP contribution in [0.3, 0.4) is 0 Å². The van der Waals surface area contributed by atoms with E-state index in [1.807, 2.05) is 0 Å². The van der Waals surface area contributed by atoms with Gasteiger partial charge in [0.05, 0.1) is 12.0 Å². The largest absolute Gasteiger partial charge is 0.481 e. The predicted molar refractivity (Wildman–Crippen MR) is 133 cm³/mol. The lowest BCUT2D eigenvalue weighted by Gasteiger charge is -2.72. The highest BCUT2D eigenvalue weighted by atomic mass is 16.4. The van der Waals surface area contributed by atoms with Gasteiger partial charge in [0.25, 0.3) is 0 Å². The number of carboxylic acids is 1. The summed E-state index contributed by atoms with van der Waals surface area (Å²) in [6.07, 6.45) is 10.0. The Bertz CT molecular complexity index is 845. The van der Waals surface area contributed by atoms with Gasteiger partial charge < -0.3 is 10.2 Å². The lowest BCUT2D eigenvalue weighted by Crippen LogP contribution is -2.66. The summed E-state index contributed by atoms with van der Waals surface area (Å²) in [5.74, 6) is 2.35. The SMILES string of the molecule is C=C(C)[C@@H]1C[C@@H](C(=O)O)[C@H]2CC[C@]3(C)[C@H](CC[C@@H]4[C@@]5(C)CC[C@H](O)C(C)(C)[C@@H]5CC[C@]43C)[C@H]21. The maximum absolute atomic E-state index is 12.2. The first-order valence-electron chi connectivity index (χ1n) is 13.9. The first-order chi connectivity index (χ1) is 15.3. The van der Waals surface area contributed by atoms with E-state index in [-0.39, 0.29) is 22.9 Å². The van der Waals surface area contributed by atoms with E-state index in [1.54, 1.807) is 0 Å². The third-order valence-corrected chi connectivity index (χ3v) is 13.3. The Morgan fingerprint density at radius 2 is 1.52 bits per heavy atom. The molecule has 11 atom stereocenters. The number of allylic oxidation sites excluding steroid dienone is 1. The molecule has 0 unspecified atom stereocenters. The minimum atomic E-state index is -0.576. The average Bonchev–Trinajstić information content (AvgIpc) is 3.12. The van der Waals surface area contributed by atoms with Gasteiger partial charge in [-0.05, 0) is 122 Å². The summed E-state index contributed by atoms with van der Waals surface area (Å²) < 4.78 is 0. The molecule has 3 heteroatoms. The molecule has 5 fully saturated rings. The Morgan fingerprint density at radius 3 is 2.15 bits per heavy atom. The minimum Gasteiger partial charge on any atom is -0.481 e. The molecule has 5 aliphatic rings. The zero-order valence-electron chi connectivity index (χ0n) is 22.0. The van der Waals surface area contributed by atoms with Gasteiger partial charge in [-0.2, -0.15) is 0 Å². The third kappa shape index (κ3) is 2.93. The summed E-state index contributed by atoms with van der Waals surface area (Å²) in [6, 6.07) is 0. The van der Waals surface area contributed by atoms with Crippen LogP contribution in [0.4, 0.5) is 0 Å². The van der Waals surface area contributed by atoms with Crippen LogP contribution in [0.1, 0.15) is 99.3 Å². The Hall–Kier alpha value is -0.830. The molecule has 0 aliphatic heterocycles. The molecular formula is C30H48O3. The molecule has 5 saturated carbocycles. The number of hydrogen-bond donors (Lipinski definition) is 2.